The van der Waals surface area contributed by atoms with Crippen molar-refractivity contribution in [1.29, 1.82) is 0 Å². The minimum absolute atomic E-state index is 0.0114. The van der Waals surface area contributed by atoms with Crippen molar-refractivity contribution in [1.82, 2.24) is 24.8 Å². The molecule has 4 heterocycles. The Kier molecular flexibility index (Phi) is 5.68. The lowest BCUT2D eigenvalue weighted by Crippen LogP contribution is -2.29. The number of nitrogens with one attached hydrogen (secondary N) is 1. The first-order chi connectivity index (χ1) is 16.0. The predicted octanol–water partition coefficient (Wildman–Crippen LogP) is 5.37. The maximum absolute atomic E-state index is 5.85. The monoisotopic (exact) mass is 453 g/mol. The van der Waals surface area contributed by atoms with Crippen LogP contribution in [0, 0.1) is 20.8 Å². The summed E-state index contributed by atoms with van der Waals surface area (Å²) >= 11 is 5.85. The van der Waals surface area contributed by atoms with E-state index in [2.05, 4.69) is 88.0 Å². The van der Waals surface area contributed by atoms with Crippen LogP contribution in [0.5, 0.6) is 0 Å². The van der Waals surface area contributed by atoms with Crippen molar-refractivity contribution in [3.8, 4) is 5.69 Å². The highest BCUT2D eigenvalue weighted by Gasteiger charge is 2.41. The van der Waals surface area contributed by atoms with Crippen LogP contribution in [0.25, 0.3) is 5.69 Å². The second kappa shape index (κ2) is 8.79. The molecule has 1 N–H and O–H groups in total. The molecule has 1 fully saturated rings. The van der Waals surface area contributed by atoms with Crippen LogP contribution in [-0.2, 0) is 6.54 Å². The molecule has 4 aromatic rings. The summed E-state index contributed by atoms with van der Waals surface area (Å²) in [4.78, 5) is 11.2. The number of pyridine rings is 2. The molecule has 0 unspecified atom stereocenters. The number of aryl methyl sites for hydroxylation is 2. The molecule has 5 nitrogen and oxygen atoms in total. The third kappa shape index (κ3) is 4.02. The molecule has 0 aliphatic carbocycles. The van der Waals surface area contributed by atoms with Crippen LogP contribution in [0.1, 0.15) is 45.9 Å². The molecule has 1 aliphatic rings. The summed E-state index contributed by atoms with van der Waals surface area (Å²) in [5.74, 6) is 0. The van der Waals surface area contributed by atoms with Gasteiger partial charge in [-0.3, -0.25) is 9.97 Å². The zero-order valence-corrected chi connectivity index (χ0v) is 19.9. The smallest absolute Gasteiger partial charge is 0.170 e. The van der Waals surface area contributed by atoms with Crippen LogP contribution in [0.2, 0.25) is 0 Å². The van der Waals surface area contributed by atoms with Gasteiger partial charge in [0.2, 0.25) is 0 Å². The van der Waals surface area contributed by atoms with Gasteiger partial charge in [0, 0.05) is 42.2 Å². The molecule has 0 spiro atoms. The second-order valence-corrected chi connectivity index (χ2v) is 9.00. The first-order valence-corrected chi connectivity index (χ1v) is 11.6. The molecule has 0 saturated carbocycles. The fourth-order valence-electron chi connectivity index (χ4n) is 4.85. The third-order valence-corrected chi connectivity index (χ3v) is 6.67. The Morgan fingerprint density at radius 2 is 1.85 bits per heavy atom. The van der Waals surface area contributed by atoms with Crippen LogP contribution in [0.15, 0.2) is 79.3 Å². The highest BCUT2D eigenvalue weighted by atomic mass is 32.1. The van der Waals surface area contributed by atoms with E-state index in [9.17, 15) is 0 Å². The summed E-state index contributed by atoms with van der Waals surface area (Å²) in [7, 11) is 0. The lowest BCUT2D eigenvalue weighted by Gasteiger charge is -2.28. The average molecular weight is 454 g/mol. The number of thiocarbonyl (C=S) groups is 1. The second-order valence-electron chi connectivity index (χ2n) is 8.62. The molecule has 2 atom stereocenters. The average Bonchev–Trinajstić information content (AvgIpc) is 3.30. The van der Waals surface area contributed by atoms with Crippen molar-refractivity contribution in [3.05, 3.63) is 113 Å². The Morgan fingerprint density at radius 1 is 0.970 bits per heavy atom. The lowest BCUT2D eigenvalue weighted by molar-refractivity contribution is 0.310. The van der Waals surface area contributed by atoms with Gasteiger partial charge in [0.25, 0.3) is 0 Å². The van der Waals surface area contributed by atoms with Crippen LogP contribution in [0.3, 0.4) is 0 Å². The van der Waals surface area contributed by atoms with Gasteiger partial charge in [0.05, 0.1) is 17.8 Å². The van der Waals surface area contributed by atoms with Gasteiger partial charge in [-0.1, -0.05) is 24.3 Å². The van der Waals surface area contributed by atoms with E-state index in [1.54, 1.807) is 6.20 Å². The summed E-state index contributed by atoms with van der Waals surface area (Å²) < 4.78 is 2.33. The van der Waals surface area contributed by atoms with Crippen molar-refractivity contribution < 1.29 is 0 Å². The van der Waals surface area contributed by atoms with Crippen molar-refractivity contribution in [2.24, 2.45) is 0 Å². The molecule has 6 heteroatoms. The number of hydrogen-bond acceptors (Lipinski definition) is 3. The Labute approximate surface area is 200 Å². The van der Waals surface area contributed by atoms with E-state index in [4.69, 9.17) is 12.2 Å². The van der Waals surface area contributed by atoms with Gasteiger partial charge in [-0.05, 0) is 86.1 Å². The van der Waals surface area contributed by atoms with E-state index in [1.165, 1.54) is 28.2 Å². The van der Waals surface area contributed by atoms with E-state index in [-0.39, 0.29) is 12.1 Å². The van der Waals surface area contributed by atoms with Crippen molar-refractivity contribution in [3.63, 3.8) is 0 Å². The molecule has 3 aromatic heterocycles. The van der Waals surface area contributed by atoms with Gasteiger partial charge in [-0.25, -0.2) is 0 Å². The normalized spacial score (nSPS) is 17.9. The fourth-order valence-corrected chi connectivity index (χ4v) is 5.16. The molecule has 0 bridgehead atoms. The molecular weight excluding hydrogens is 426 g/mol. The van der Waals surface area contributed by atoms with Gasteiger partial charge in [0.15, 0.2) is 5.11 Å². The molecule has 1 saturated heterocycles. The summed E-state index contributed by atoms with van der Waals surface area (Å²) in [6.07, 6.45) is 5.55. The van der Waals surface area contributed by atoms with E-state index >= 15 is 0 Å². The van der Waals surface area contributed by atoms with E-state index in [0.717, 1.165) is 16.4 Å². The molecule has 33 heavy (non-hydrogen) atoms. The maximum atomic E-state index is 5.85. The highest BCUT2D eigenvalue weighted by Crippen LogP contribution is 2.42. The van der Waals surface area contributed by atoms with Gasteiger partial charge < -0.3 is 14.8 Å². The van der Waals surface area contributed by atoms with Crippen LogP contribution in [-0.4, -0.2) is 24.5 Å². The standard InChI is InChI=1S/C27H27N5S/c1-18-8-6-10-22(14-18)32-19(2)15-23(20(32)3)26-25(24-11-4-5-13-29-24)30-27(33)31(26)17-21-9-7-12-28-16-21/h4-16,25-26H,17H2,1-3H3,(H,30,33)/t25-,26-/m0/s1. The zero-order valence-electron chi connectivity index (χ0n) is 19.1. The largest absolute Gasteiger partial charge is 0.352 e. The molecule has 0 amide bonds. The number of nitrogens with zero attached hydrogens (tertiary/aromatic N) is 4. The first-order valence-electron chi connectivity index (χ1n) is 11.2. The fraction of sp³-hybridized carbons (Fsp3) is 0.222. The van der Waals surface area contributed by atoms with E-state index in [1.807, 2.05) is 30.6 Å². The van der Waals surface area contributed by atoms with Crippen molar-refractivity contribution in [2.45, 2.75) is 39.4 Å². The Balaban J connectivity index is 1.62. The molecule has 1 aliphatic heterocycles. The number of hydrogen-bond donors (Lipinski definition) is 1. The summed E-state index contributed by atoms with van der Waals surface area (Å²) in [5, 5.41) is 4.30. The van der Waals surface area contributed by atoms with Crippen LogP contribution < -0.4 is 5.32 Å². The maximum Gasteiger partial charge on any atom is 0.170 e. The predicted molar refractivity (Wildman–Crippen MR) is 135 cm³/mol. The minimum atomic E-state index is -0.0400. The molecule has 5 rings (SSSR count). The topological polar surface area (TPSA) is 46.0 Å². The summed E-state index contributed by atoms with van der Waals surface area (Å²) in [5.41, 5.74) is 8.20. The molecule has 166 valence electrons. The molecule has 1 aromatic carbocycles. The third-order valence-electron chi connectivity index (χ3n) is 6.32. The lowest BCUT2D eigenvalue weighted by atomic mass is 9.96. The van der Waals surface area contributed by atoms with Crippen molar-refractivity contribution >= 4 is 17.3 Å². The first kappa shape index (κ1) is 21.3. The molecular formula is C27H27N5S. The van der Waals surface area contributed by atoms with Gasteiger partial charge >= 0.3 is 0 Å². The van der Waals surface area contributed by atoms with Gasteiger partial charge in [0.1, 0.15) is 0 Å². The number of aromatic nitrogens is 3. The van der Waals surface area contributed by atoms with E-state index < -0.39 is 0 Å². The minimum Gasteiger partial charge on any atom is -0.352 e. The summed E-state index contributed by atoms with van der Waals surface area (Å²) in [6, 6.07) is 21.0. The zero-order chi connectivity index (χ0) is 22.9. The Hall–Kier alpha value is -3.51. The Bertz CT molecular complexity index is 1280. The van der Waals surface area contributed by atoms with Crippen LogP contribution in [0.4, 0.5) is 0 Å². The SMILES string of the molecule is Cc1cccc(-n2c(C)cc([C@H]3[C@H](c4ccccn4)NC(=S)N3Cc3cccnc3)c2C)c1. The summed E-state index contributed by atoms with van der Waals surface area (Å²) in [6.45, 7) is 7.18. The highest BCUT2D eigenvalue weighted by molar-refractivity contribution is 7.80. The van der Waals surface area contributed by atoms with Crippen molar-refractivity contribution in [2.75, 3.05) is 0 Å². The van der Waals surface area contributed by atoms with Gasteiger partial charge in [-0.15, -0.1) is 0 Å². The van der Waals surface area contributed by atoms with Gasteiger partial charge in [-0.2, -0.15) is 0 Å². The Morgan fingerprint density at radius 3 is 2.58 bits per heavy atom. The van der Waals surface area contributed by atoms with E-state index in [0.29, 0.717) is 6.54 Å². The number of benzene rings is 1. The molecule has 0 radical (unpaired) electrons. The number of rotatable bonds is 5. The quantitative estimate of drug-likeness (QED) is 0.412. The van der Waals surface area contributed by atoms with Crippen LogP contribution >= 0.6 is 12.2 Å².